The predicted octanol–water partition coefficient (Wildman–Crippen LogP) is 0.106. The minimum atomic E-state index is -1.50. The molecule has 76 valence electrons. The molecular formula is C9H15O4-. The van der Waals surface area contributed by atoms with Crippen molar-refractivity contribution in [3.8, 4) is 0 Å². The average Bonchev–Trinajstić information content (AvgIpc) is 2.04. The number of hydrogen-bond acceptors (Lipinski definition) is 4. The van der Waals surface area contributed by atoms with E-state index >= 15 is 0 Å². The molecule has 13 heavy (non-hydrogen) atoms. The summed E-state index contributed by atoms with van der Waals surface area (Å²) >= 11 is 0. The molecule has 0 saturated heterocycles. The molecule has 0 bridgehead atoms. The summed E-state index contributed by atoms with van der Waals surface area (Å²) in [4.78, 5) is 22.0. The maximum absolute atomic E-state index is 11.3. The van der Waals surface area contributed by atoms with Gasteiger partial charge in [-0.2, -0.15) is 0 Å². The number of carbonyl (C=O) groups excluding carboxylic acids is 2. The third-order valence-corrected chi connectivity index (χ3v) is 1.93. The fraction of sp³-hybridized carbons (Fsp3) is 0.778. The van der Waals surface area contributed by atoms with Crippen LogP contribution in [0.2, 0.25) is 0 Å². The monoisotopic (exact) mass is 187 g/mol. The molecule has 0 aromatic heterocycles. The molecule has 0 spiro atoms. The maximum atomic E-state index is 11.3. The van der Waals surface area contributed by atoms with Gasteiger partial charge in [-0.25, -0.2) is 0 Å². The van der Waals surface area contributed by atoms with Crippen LogP contribution in [0.1, 0.15) is 33.6 Å². The van der Waals surface area contributed by atoms with Crippen LogP contribution < -0.4 is 5.11 Å². The quantitative estimate of drug-likeness (QED) is 0.452. The molecule has 0 aliphatic carbocycles. The molecule has 0 amide bonds. The molecule has 0 rings (SSSR count). The topological polar surface area (TPSA) is 66.4 Å². The predicted molar refractivity (Wildman–Crippen MR) is 44.7 cm³/mol. The summed E-state index contributed by atoms with van der Waals surface area (Å²) in [5.74, 6) is -2.08. The van der Waals surface area contributed by atoms with Gasteiger partial charge in [0, 0.05) is 0 Å². The molecule has 0 aromatic carbocycles. The van der Waals surface area contributed by atoms with Gasteiger partial charge in [0.05, 0.1) is 12.6 Å². The number of carboxylic acids is 1. The SMILES string of the molecule is CCC[C@@](C)(C(=O)[O-])C(=O)OCC. The van der Waals surface area contributed by atoms with Crippen LogP contribution >= 0.6 is 0 Å². The van der Waals surface area contributed by atoms with E-state index in [2.05, 4.69) is 4.74 Å². The van der Waals surface area contributed by atoms with E-state index in [1.165, 1.54) is 6.92 Å². The Morgan fingerprint density at radius 3 is 2.23 bits per heavy atom. The third-order valence-electron chi connectivity index (χ3n) is 1.93. The van der Waals surface area contributed by atoms with Crippen molar-refractivity contribution in [2.75, 3.05) is 6.61 Å². The summed E-state index contributed by atoms with van der Waals surface area (Å²) in [6.07, 6.45) is 0.845. The van der Waals surface area contributed by atoms with Gasteiger partial charge in [-0.1, -0.05) is 13.3 Å². The van der Waals surface area contributed by atoms with E-state index in [1.807, 2.05) is 0 Å². The van der Waals surface area contributed by atoms with E-state index in [0.717, 1.165) is 0 Å². The molecule has 0 aliphatic rings. The lowest BCUT2D eigenvalue weighted by Gasteiger charge is -2.27. The maximum Gasteiger partial charge on any atom is 0.317 e. The van der Waals surface area contributed by atoms with Crippen LogP contribution in [0.25, 0.3) is 0 Å². The van der Waals surface area contributed by atoms with Gasteiger partial charge >= 0.3 is 5.97 Å². The van der Waals surface area contributed by atoms with Gasteiger partial charge in [0.15, 0.2) is 0 Å². The Labute approximate surface area is 77.9 Å². The molecule has 0 aromatic rings. The highest BCUT2D eigenvalue weighted by atomic mass is 16.5. The molecule has 0 fully saturated rings. The molecule has 1 atom stereocenters. The van der Waals surface area contributed by atoms with Crippen LogP contribution in [0.4, 0.5) is 0 Å². The first-order valence-corrected chi connectivity index (χ1v) is 4.37. The van der Waals surface area contributed by atoms with E-state index in [1.54, 1.807) is 13.8 Å². The van der Waals surface area contributed by atoms with Crippen molar-refractivity contribution in [3.63, 3.8) is 0 Å². The van der Waals surface area contributed by atoms with Crippen LogP contribution in [0.3, 0.4) is 0 Å². The lowest BCUT2D eigenvalue weighted by atomic mass is 9.86. The van der Waals surface area contributed by atoms with Gasteiger partial charge < -0.3 is 14.6 Å². The molecule has 0 aliphatic heterocycles. The largest absolute Gasteiger partial charge is 0.549 e. The van der Waals surface area contributed by atoms with Crippen molar-refractivity contribution >= 4 is 11.9 Å². The number of aliphatic carboxylic acids is 1. The van der Waals surface area contributed by atoms with Crippen LogP contribution in [-0.4, -0.2) is 18.5 Å². The number of ether oxygens (including phenoxy) is 1. The summed E-state index contributed by atoms with van der Waals surface area (Å²) in [6.45, 7) is 4.97. The molecule has 0 radical (unpaired) electrons. The Balaban J connectivity index is 4.57. The second-order valence-corrected chi connectivity index (χ2v) is 3.09. The minimum absolute atomic E-state index is 0.186. The molecule has 4 nitrogen and oxygen atoms in total. The first-order valence-electron chi connectivity index (χ1n) is 4.37. The minimum Gasteiger partial charge on any atom is -0.549 e. The lowest BCUT2D eigenvalue weighted by molar-refractivity contribution is -0.317. The van der Waals surface area contributed by atoms with Gasteiger partial charge in [0.25, 0.3) is 0 Å². The van der Waals surface area contributed by atoms with Crippen molar-refractivity contribution in [2.45, 2.75) is 33.6 Å². The second kappa shape index (κ2) is 4.84. The zero-order valence-electron chi connectivity index (χ0n) is 8.25. The Kier molecular flexibility index (Phi) is 4.45. The number of carbonyl (C=O) groups is 2. The summed E-state index contributed by atoms with van der Waals surface area (Å²) in [6, 6.07) is 0. The smallest absolute Gasteiger partial charge is 0.317 e. The van der Waals surface area contributed by atoms with E-state index in [9.17, 15) is 14.7 Å². The molecule has 0 heterocycles. The fourth-order valence-corrected chi connectivity index (χ4v) is 1.08. The van der Waals surface area contributed by atoms with Crippen molar-refractivity contribution in [3.05, 3.63) is 0 Å². The van der Waals surface area contributed by atoms with Gasteiger partial charge in [-0.15, -0.1) is 0 Å². The molecular weight excluding hydrogens is 172 g/mol. The number of hydrogen-bond donors (Lipinski definition) is 0. The van der Waals surface area contributed by atoms with E-state index in [0.29, 0.717) is 6.42 Å². The first kappa shape index (κ1) is 11.9. The van der Waals surface area contributed by atoms with E-state index in [4.69, 9.17) is 0 Å². The molecule has 0 unspecified atom stereocenters. The third kappa shape index (κ3) is 2.72. The summed E-state index contributed by atoms with van der Waals surface area (Å²) in [7, 11) is 0. The lowest BCUT2D eigenvalue weighted by Crippen LogP contribution is -2.46. The van der Waals surface area contributed by atoms with Crippen molar-refractivity contribution in [1.29, 1.82) is 0 Å². The normalized spacial score (nSPS) is 14.7. The fourth-order valence-electron chi connectivity index (χ4n) is 1.08. The zero-order valence-corrected chi connectivity index (χ0v) is 8.25. The second-order valence-electron chi connectivity index (χ2n) is 3.09. The Bertz CT molecular complexity index is 200. The standard InChI is InChI=1S/C9H16O4/c1-4-6-9(3,7(10)11)8(12)13-5-2/h4-6H2,1-3H3,(H,10,11)/p-1/t9-/m0/s1. The summed E-state index contributed by atoms with van der Waals surface area (Å²) < 4.78 is 4.66. The average molecular weight is 187 g/mol. The summed E-state index contributed by atoms with van der Waals surface area (Å²) in [5.41, 5.74) is -1.50. The Hall–Kier alpha value is -1.06. The van der Waals surface area contributed by atoms with Crippen LogP contribution in [0, 0.1) is 5.41 Å². The highest BCUT2D eigenvalue weighted by Crippen LogP contribution is 2.24. The Morgan fingerprint density at radius 2 is 1.92 bits per heavy atom. The molecule has 4 heteroatoms. The van der Waals surface area contributed by atoms with Crippen LogP contribution in [0.15, 0.2) is 0 Å². The molecule has 0 N–H and O–H groups in total. The van der Waals surface area contributed by atoms with Gasteiger partial charge in [-0.05, 0) is 20.3 Å². The Morgan fingerprint density at radius 1 is 1.38 bits per heavy atom. The molecule has 0 saturated carbocycles. The van der Waals surface area contributed by atoms with E-state index < -0.39 is 17.4 Å². The van der Waals surface area contributed by atoms with Crippen molar-refractivity contribution < 1.29 is 19.4 Å². The van der Waals surface area contributed by atoms with Crippen LogP contribution in [0.5, 0.6) is 0 Å². The van der Waals surface area contributed by atoms with Gasteiger partial charge in [-0.3, -0.25) is 4.79 Å². The first-order chi connectivity index (χ1) is 5.99. The van der Waals surface area contributed by atoms with Crippen molar-refractivity contribution in [2.24, 2.45) is 5.41 Å². The highest BCUT2D eigenvalue weighted by Gasteiger charge is 2.35. The zero-order chi connectivity index (χ0) is 10.5. The van der Waals surface area contributed by atoms with Gasteiger partial charge in [0.1, 0.15) is 5.41 Å². The number of rotatable bonds is 5. The number of carboxylic acid groups (broad SMARTS) is 1. The van der Waals surface area contributed by atoms with Gasteiger partial charge in [0.2, 0.25) is 0 Å². The van der Waals surface area contributed by atoms with E-state index in [-0.39, 0.29) is 13.0 Å². The number of esters is 1. The van der Waals surface area contributed by atoms with Crippen LogP contribution in [-0.2, 0) is 14.3 Å². The summed E-state index contributed by atoms with van der Waals surface area (Å²) in [5, 5.41) is 10.7. The highest BCUT2D eigenvalue weighted by molar-refractivity contribution is 5.97. The van der Waals surface area contributed by atoms with Crippen molar-refractivity contribution in [1.82, 2.24) is 0 Å².